The van der Waals surface area contributed by atoms with Crippen LogP contribution in [0.3, 0.4) is 0 Å². The number of rotatable bonds is 4. The fourth-order valence-electron chi connectivity index (χ4n) is 2.37. The maximum absolute atomic E-state index is 5.16. The molecule has 0 saturated carbocycles. The Kier molecular flexibility index (Phi) is 7.72. The van der Waals surface area contributed by atoms with Crippen molar-refractivity contribution in [2.24, 2.45) is 4.99 Å². The highest BCUT2D eigenvalue weighted by atomic mass is 127. The van der Waals surface area contributed by atoms with Gasteiger partial charge in [0.1, 0.15) is 5.75 Å². The summed E-state index contributed by atoms with van der Waals surface area (Å²) in [7, 11) is 3.55. The van der Waals surface area contributed by atoms with Gasteiger partial charge in [0, 0.05) is 26.7 Å². The number of methoxy groups -OCH3 is 1. The van der Waals surface area contributed by atoms with Crippen molar-refractivity contribution >= 4 is 29.9 Å². The second-order valence-corrected chi connectivity index (χ2v) is 4.77. The number of hydrogen-bond acceptors (Lipinski definition) is 2. The topological polar surface area (TPSA) is 36.9 Å². The van der Waals surface area contributed by atoms with Gasteiger partial charge in [-0.1, -0.05) is 12.1 Å². The van der Waals surface area contributed by atoms with E-state index in [1.54, 1.807) is 7.11 Å². The van der Waals surface area contributed by atoms with Crippen LogP contribution in [0.5, 0.6) is 5.75 Å². The molecule has 0 amide bonds. The number of ether oxygens (including phenoxy) is 1. The van der Waals surface area contributed by atoms with Crippen molar-refractivity contribution in [1.29, 1.82) is 0 Å². The Hall–Kier alpha value is -0.980. The number of nitrogens with one attached hydrogen (secondary N) is 1. The van der Waals surface area contributed by atoms with Gasteiger partial charge in [0.2, 0.25) is 0 Å². The molecule has 1 aromatic carbocycles. The van der Waals surface area contributed by atoms with Gasteiger partial charge in [-0.15, -0.1) is 24.0 Å². The highest BCUT2D eigenvalue weighted by molar-refractivity contribution is 14.0. The van der Waals surface area contributed by atoms with Crippen LogP contribution in [0.4, 0.5) is 0 Å². The van der Waals surface area contributed by atoms with Crippen LogP contribution in [0.15, 0.2) is 29.3 Å². The second kappa shape index (κ2) is 9.05. The zero-order valence-electron chi connectivity index (χ0n) is 12.3. The molecule has 1 aromatic rings. The molecule has 112 valence electrons. The van der Waals surface area contributed by atoms with E-state index in [1.165, 1.54) is 18.4 Å². The lowest BCUT2D eigenvalue weighted by atomic mass is 10.1. The van der Waals surface area contributed by atoms with E-state index in [0.29, 0.717) is 0 Å². The van der Waals surface area contributed by atoms with Crippen molar-refractivity contribution in [3.8, 4) is 5.75 Å². The van der Waals surface area contributed by atoms with E-state index in [4.69, 9.17) is 4.74 Å². The lowest BCUT2D eigenvalue weighted by Crippen LogP contribution is -2.40. The van der Waals surface area contributed by atoms with Gasteiger partial charge in [-0.25, -0.2) is 0 Å². The lowest BCUT2D eigenvalue weighted by molar-refractivity contribution is 0.414. The number of hydrogen-bond donors (Lipinski definition) is 1. The molecule has 0 unspecified atom stereocenters. The predicted molar refractivity (Wildman–Crippen MR) is 94.3 cm³/mol. The first-order valence-corrected chi connectivity index (χ1v) is 6.92. The van der Waals surface area contributed by atoms with Crippen molar-refractivity contribution < 1.29 is 4.74 Å². The van der Waals surface area contributed by atoms with Crippen molar-refractivity contribution in [2.45, 2.75) is 19.3 Å². The van der Waals surface area contributed by atoms with Crippen LogP contribution in [0.1, 0.15) is 18.4 Å². The Morgan fingerprint density at radius 3 is 2.45 bits per heavy atom. The molecule has 2 rings (SSSR count). The predicted octanol–water partition coefficient (Wildman–Crippen LogP) is 2.53. The average Bonchev–Trinajstić information content (AvgIpc) is 2.98. The number of halogens is 1. The summed E-state index contributed by atoms with van der Waals surface area (Å²) >= 11 is 0. The molecule has 0 atom stereocenters. The molecule has 1 fully saturated rings. The summed E-state index contributed by atoms with van der Waals surface area (Å²) in [6.07, 6.45) is 3.55. The van der Waals surface area contributed by atoms with E-state index in [2.05, 4.69) is 27.3 Å². The second-order valence-electron chi connectivity index (χ2n) is 4.77. The van der Waals surface area contributed by atoms with Crippen molar-refractivity contribution in [1.82, 2.24) is 10.2 Å². The van der Waals surface area contributed by atoms with Gasteiger partial charge in [-0.2, -0.15) is 0 Å². The van der Waals surface area contributed by atoms with Crippen LogP contribution in [0.2, 0.25) is 0 Å². The monoisotopic (exact) mass is 389 g/mol. The van der Waals surface area contributed by atoms with Gasteiger partial charge in [-0.3, -0.25) is 4.99 Å². The molecule has 0 bridgehead atoms. The Bertz CT molecular complexity index is 414. The summed E-state index contributed by atoms with van der Waals surface area (Å²) in [5.41, 5.74) is 1.31. The zero-order chi connectivity index (χ0) is 13.5. The summed E-state index contributed by atoms with van der Waals surface area (Å²) in [6.45, 7) is 3.17. The molecule has 0 aliphatic carbocycles. The minimum Gasteiger partial charge on any atom is -0.497 e. The molecule has 1 saturated heterocycles. The molecule has 1 aliphatic rings. The number of aliphatic imine (C=N–C) groups is 1. The van der Waals surface area contributed by atoms with Crippen LogP contribution in [-0.4, -0.2) is 44.7 Å². The van der Waals surface area contributed by atoms with Crippen LogP contribution in [0, 0.1) is 0 Å². The summed E-state index contributed by atoms with van der Waals surface area (Å²) in [6, 6.07) is 8.23. The molecule has 20 heavy (non-hydrogen) atoms. The van der Waals surface area contributed by atoms with Crippen molar-refractivity contribution in [3.05, 3.63) is 29.8 Å². The van der Waals surface area contributed by atoms with Crippen LogP contribution in [-0.2, 0) is 6.42 Å². The molecule has 0 radical (unpaired) electrons. The Labute approximate surface area is 138 Å². The largest absolute Gasteiger partial charge is 0.497 e. The average molecular weight is 389 g/mol. The SMILES string of the molecule is CN=C(NCCc1ccc(OC)cc1)N1CCCC1.I. The number of likely N-dealkylation sites (tertiary alicyclic amines) is 1. The molecule has 1 aliphatic heterocycles. The first-order chi connectivity index (χ1) is 9.33. The minimum atomic E-state index is 0. The first-order valence-electron chi connectivity index (χ1n) is 6.92. The van der Waals surface area contributed by atoms with Gasteiger partial charge < -0.3 is 15.0 Å². The highest BCUT2D eigenvalue weighted by Gasteiger charge is 2.14. The summed E-state index contributed by atoms with van der Waals surface area (Å²) in [5, 5.41) is 3.43. The molecular formula is C15H24IN3O. The van der Waals surface area contributed by atoms with Crippen LogP contribution in [0.25, 0.3) is 0 Å². The van der Waals surface area contributed by atoms with Crippen molar-refractivity contribution in [3.63, 3.8) is 0 Å². The van der Waals surface area contributed by atoms with E-state index in [1.807, 2.05) is 19.2 Å². The van der Waals surface area contributed by atoms with Gasteiger partial charge in [-0.05, 0) is 37.0 Å². The van der Waals surface area contributed by atoms with E-state index >= 15 is 0 Å². The molecule has 0 aromatic heterocycles. The number of benzene rings is 1. The van der Waals surface area contributed by atoms with E-state index in [9.17, 15) is 0 Å². The standard InChI is InChI=1S/C15H23N3O.HI/c1-16-15(18-11-3-4-12-18)17-10-9-13-5-7-14(19-2)8-6-13;/h5-8H,3-4,9-12H2,1-2H3,(H,16,17);1H. The lowest BCUT2D eigenvalue weighted by Gasteiger charge is -2.20. The molecule has 0 spiro atoms. The Morgan fingerprint density at radius 2 is 1.90 bits per heavy atom. The molecular weight excluding hydrogens is 365 g/mol. The van der Waals surface area contributed by atoms with Crippen molar-refractivity contribution in [2.75, 3.05) is 33.8 Å². The highest BCUT2D eigenvalue weighted by Crippen LogP contribution is 2.11. The fraction of sp³-hybridized carbons (Fsp3) is 0.533. The normalized spacial score (nSPS) is 14.9. The number of guanidine groups is 1. The summed E-state index contributed by atoms with van der Waals surface area (Å²) in [4.78, 5) is 6.67. The Morgan fingerprint density at radius 1 is 1.25 bits per heavy atom. The van der Waals surface area contributed by atoms with Crippen LogP contribution < -0.4 is 10.1 Å². The van der Waals surface area contributed by atoms with Gasteiger partial charge >= 0.3 is 0 Å². The third-order valence-corrected chi connectivity index (χ3v) is 3.47. The smallest absolute Gasteiger partial charge is 0.193 e. The molecule has 5 heteroatoms. The molecule has 4 nitrogen and oxygen atoms in total. The van der Waals surface area contributed by atoms with E-state index in [0.717, 1.165) is 37.8 Å². The quantitative estimate of drug-likeness (QED) is 0.489. The summed E-state index contributed by atoms with van der Waals surface area (Å²) < 4.78 is 5.16. The molecule has 1 heterocycles. The first kappa shape index (κ1) is 17.1. The zero-order valence-corrected chi connectivity index (χ0v) is 14.6. The van der Waals surface area contributed by atoms with E-state index in [-0.39, 0.29) is 24.0 Å². The third-order valence-electron chi connectivity index (χ3n) is 3.47. The Balaban J connectivity index is 0.00000200. The minimum absolute atomic E-state index is 0. The van der Waals surface area contributed by atoms with Gasteiger partial charge in [0.05, 0.1) is 7.11 Å². The maximum Gasteiger partial charge on any atom is 0.193 e. The maximum atomic E-state index is 5.16. The fourth-order valence-corrected chi connectivity index (χ4v) is 2.37. The molecule has 1 N–H and O–H groups in total. The van der Waals surface area contributed by atoms with E-state index < -0.39 is 0 Å². The van der Waals surface area contributed by atoms with Gasteiger partial charge in [0.25, 0.3) is 0 Å². The summed E-state index contributed by atoms with van der Waals surface area (Å²) in [5.74, 6) is 1.94. The van der Waals surface area contributed by atoms with Gasteiger partial charge in [0.15, 0.2) is 5.96 Å². The third kappa shape index (κ3) is 4.85. The van der Waals surface area contributed by atoms with Crippen LogP contribution >= 0.6 is 24.0 Å². The number of nitrogens with zero attached hydrogens (tertiary/aromatic N) is 2.